The van der Waals surface area contributed by atoms with E-state index in [9.17, 15) is 0 Å². The molecular weight excluding hydrogens is 220 g/mol. The van der Waals surface area contributed by atoms with Gasteiger partial charge >= 0.3 is 0 Å². The Morgan fingerprint density at radius 1 is 1.11 bits per heavy atom. The summed E-state index contributed by atoms with van der Waals surface area (Å²) in [6.07, 6.45) is 1.27. The molecule has 1 aliphatic heterocycles. The van der Waals surface area contributed by atoms with Crippen molar-refractivity contribution in [1.82, 2.24) is 10.2 Å². The maximum absolute atomic E-state index is 3.70. The van der Waals surface area contributed by atoms with Gasteiger partial charge in [0.25, 0.3) is 0 Å². The normalized spacial score (nSPS) is 26.3. The Kier molecular flexibility index (Phi) is 4.55. The van der Waals surface area contributed by atoms with Crippen molar-refractivity contribution in [1.29, 1.82) is 0 Å². The van der Waals surface area contributed by atoms with Crippen molar-refractivity contribution < 1.29 is 0 Å². The van der Waals surface area contributed by atoms with Gasteiger partial charge < -0.3 is 5.32 Å². The summed E-state index contributed by atoms with van der Waals surface area (Å²) in [5, 5.41) is 3.70. The van der Waals surface area contributed by atoms with Crippen LogP contribution in [-0.2, 0) is 0 Å². The summed E-state index contributed by atoms with van der Waals surface area (Å²) in [5.41, 5.74) is 1.03. The third-order valence-corrected chi connectivity index (χ3v) is 3.96. The quantitative estimate of drug-likeness (QED) is 0.811. The van der Waals surface area contributed by atoms with E-state index in [1.165, 1.54) is 13.0 Å². The summed E-state index contributed by atoms with van der Waals surface area (Å²) in [5.74, 6) is 0. The Bertz CT molecular complexity index is 268. The second-order valence-electron chi connectivity index (χ2n) is 8.93. The van der Waals surface area contributed by atoms with Crippen LogP contribution in [0.15, 0.2) is 0 Å². The Hall–Kier alpha value is -0.0800. The minimum absolute atomic E-state index is 0.250. The molecule has 1 rings (SSSR count). The van der Waals surface area contributed by atoms with Crippen LogP contribution in [0.2, 0.25) is 0 Å². The molecule has 1 aliphatic rings. The zero-order valence-electron chi connectivity index (χ0n) is 13.9. The van der Waals surface area contributed by atoms with Gasteiger partial charge in [0.15, 0.2) is 0 Å². The molecule has 0 bridgehead atoms. The van der Waals surface area contributed by atoms with E-state index < -0.39 is 0 Å². The van der Waals surface area contributed by atoms with Gasteiger partial charge in [0.2, 0.25) is 0 Å². The van der Waals surface area contributed by atoms with Crippen molar-refractivity contribution in [3.8, 4) is 0 Å². The lowest BCUT2D eigenvalue weighted by atomic mass is 9.81. The van der Waals surface area contributed by atoms with Crippen LogP contribution >= 0.6 is 0 Å². The monoisotopic (exact) mass is 254 g/mol. The average Bonchev–Trinajstić information content (AvgIpc) is 2.10. The lowest BCUT2D eigenvalue weighted by molar-refractivity contribution is 0.0261. The standard InChI is InChI=1S/C16H34N2/c1-14(2,3)9-10-18-12-16(7,8)17-11-13(18)15(4,5)6/h13,17H,9-12H2,1-8H3. The van der Waals surface area contributed by atoms with E-state index in [0.29, 0.717) is 16.9 Å². The topological polar surface area (TPSA) is 15.3 Å². The lowest BCUT2D eigenvalue weighted by Gasteiger charge is -2.50. The molecule has 2 heteroatoms. The zero-order valence-corrected chi connectivity index (χ0v) is 13.9. The molecule has 0 spiro atoms. The van der Waals surface area contributed by atoms with E-state index in [1.54, 1.807) is 0 Å². The van der Waals surface area contributed by atoms with E-state index in [4.69, 9.17) is 0 Å². The van der Waals surface area contributed by atoms with Gasteiger partial charge in [0.1, 0.15) is 0 Å². The molecule has 18 heavy (non-hydrogen) atoms. The second kappa shape index (κ2) is 5.13. The summed E-state index contributed by atoms with van der Waals surface area (Å²) >= 11 is 0. The minimum atomic E-state index is 0.250. The van der Waals surface area contributed by atoms with E-state index in [2.05, 4.69) is 65.6 Å². The van der Waals surface area contributed by atoms with Crippen LogP contribution in [0, 0.1) is 10.8 Å². The fraction of sp³-hybridized carbons (Fsp3) is 1.00. The van der Waals surface area contributed by atoms with Gasteiger partial charge in [-0.2, -0.15) is 0 Å². The first kappa shape index (κ1) is 16.0. The highest BCUT2D eigenvalue weighted by molar-refractivity contribution is 4.96. The molecule has 0 amide bonds. The molecule has 108 valence electrons. The Balaban J connectivity index is 2.72. The molecule has 1 heterocycles. The Labute approximate surface area is 115 Å². The fourth-order valence-corrected chi connectivity index (χ4v) is 2.74. The van der Waals surface area contributed by atoms with Gasteiger partial charge in [-0.05, 0) is 37.6 Å². The summed E-state index contributed by atoms with van der Waals surface area (Å²) in [7, 11) is 0. The van der Waals surface area contributed by atoms with Gasteiger partial charge in [0, 0.05) is 24.7 Å². The van der Waals surface area contributed by atoms with Crippen molar-refractivity contribution in [3.63, 3.8) is 0 Å². The highest BCUT2D eigenvalue weighted by Gasteiger charge is 2.38. The van der Waals surface area contributed by atoms with Crippen LogP contribution in [-0.4, -0.2) is 36.1 Å². The molecular formula is C16H34N2. The minimum Gasteiger partial charge on any atom is -0.309 e. The number of hydrogen-bond donors (Lipinski definition) is 1. The van der Waals surface area contributed by atoms with Crippen molar-refractivity contribution >= 4 is 0 Å². The molecule has 0 aromatic heterocycles. The summed E-state index contributed by atoms with van der Waals surface area (Å²) in [6, 6.07) is 0.646. The molecule has 0 aliphatic carbocycles. The first-order valence-corrected chi connectivity index (χ1v) is 7.40. The van der Waals surface area contributed by atoms with Crippen molar-refractivity contribution in [2.24, 2.45) is 10.8 Å². The Morgan fingerprint density at radius 3 is 2.11 bits per heavy atom. The van der Waals surface area contributed by atoms with Gasteiger partial charge in [-0.25, -0.2) is 0 Å². The second-order valence-corrected chi connectivity index (χ2v) is 8.93. The third kappa shape index (κ3) is 4.89. The van der Waals surface area contributed by atoms with E-state index in [0.717, 1.165) is 13.1 Å². The van der Waals surface area contributed by atoms with Crippen molar-refractivity contribution in [2.45, 2.75) is 73.4 Å². The molecule has 0 aromatic carbocycles. The lowest BCUT2D eigenvalue weighted by Crippen LogP contribution is -2.64. The maximum Gasteiger partial charge on any atom is 0.0270 e. The molecule has 1 unspecified atom stereocenters. The largest absolute Gasteiger partial charge is 0.309 e. The van der Waals surface area contributed by atoms with E-state index in [1.807, 2.05) is 0 Å². The van der Waals surface area contributed by atoms with Crippen LogP contribution in [0.25, 0.3) is 0 Å². The van der Waals surface area contributed by atoms with E-state index >= 15 is 0 Å². The van der Waals surface area contributed by atoms with Crippen LogP contribution in [0.4, 0.5) is 0 Å². The first-order valence-electron chi connectivity index (χ1n) is 7.40. The van der Waals surface area contributed by atoms with E-state index in [-0.39, 0.29) is 5.54 Å². The maximum atomic E-state index is 3.70. The van der Waals surface area contributed by atoms with Crippen molar-refractivity contribution in [3.05, 3.63) is 0 Å². The van der Waals surface area contributed by atoms with Gasteiger partial charge in [0.05, 0.1) is 0 Å². The Morgan fingerprint density at radius 2 is 1.67 bits per heavy atom. The van der Waals surface area contributed by atoms with Gasteiger partial charge in [-0.15, -0.1) is 0 Å². The van der Waals surface area contributed by atoms with Crippen LogP contribution in [0.5, 0.6) is 0 Å². The predicted molar refractivity (Wildman–Crippen MR) is 81.0 cm³/mol. The molecule has 1 saturated heterocycles. The highest BCUT2D eigenvalue weighted by Crippen LogP contribution is 2.30. The number of nitrogens with zero attached hydrogens (tertiary/aromatic N) is 1. The SMILES string of the molecule is CC(C)(C)CCN1CC(C)(C)NCC1C(C)(C)C. The number of rotatable bonds is 2. The molecule has 1 atom stereocenters. The molecule has 0 aromatic rings. The summed E-state index contributed by atoms with van der Waals surface area (Å²) in [4.78, 5) is 2.71. The number of piperazine rings is 1. The van der Waals surface area contributed by atoms with Crippen LogP contribution < -0.4 is 5.32 Å². The molecule has 2 nitrogen and oxygen atoms in total. The predicted octanol–water partition coefficient (Wildman–Crippen LogP) is 3.52. The first-order chi connectivity index (χ1) is 7.91. The highest BCUT2D eigenvalue weighted by atomic mass is 15.3. The molecule has 0 saturated carbocycles. The fourth-order valence-electron chi connectivity index (χ4n) is 2.74. The summed E-state index contributed by atoms with van der Waals surface area (Å²) in [6.45, 7) is 22.2. The van der Waals surface area contributed by atoms with Gasteiger partial charge in [-0.3, -0.25) is 4.90 Å². The molecule has 0 radical (unpaired) electrons. The summed E-state index contributed by atoms with van der Waals surface area (Å²) < 4.78 is 0. The average molecular weight is 254 g/mol. The van der Waals surface area contributed by atoms with Crippen LogP contribution in [0.3, 0.4) is 0 Å². The smallest absolute Gasteiger partial charge is 0.0270 e. The number of hydrogen-bond acceptors (Lipinski definition) is 2. The third-order valence-electron chi connectivity index (χ3n) is 3.96. The molecule has 1 N–H and O–H groups in total. The van der Waals surface area contributed by atoms with Crippen LogP contribution in [0.1, 0.15) is 61.8 Å². The van der Waals surface area contributed by atoms with Crippen molar-refractivity contribution in [2.75, 3.05) is 19.6 Å². The van der Waals surface area contributed by atoms with Gasteiger partial charge in [-0.1, -0.05) is 41.5 Å². The number of nitrogens with one attached hydrogen (secondary N) is 1. The molecule has 1 fully saturated rings. The zero-order chi connectivity index (χ0) is 14.2.